The van der Waals surface area contributed by atoms with Gasteiger partial charge in [0.25, 0.3) is 5.69 Å². The van der Waals surface area contributed by atoms with Gasteiger partial charge in [-0.2, -0.15) is 0 Å². The average Bonchev–Trinajstić information content (AvgIpc) is 2.40. The van der Waals surface area contributed by atoms with Crippen molar-refractivity contribution in [3.63, 3.8) is 0 Å². The summed E-state index contributed by atoms with van der Waals surface area (Å²) < 4.78 is 0. The van der Waals surface area contributed by atoms with E-state index in [0.29, 0.717) is 0 Å². The number of nitro benzene ring substituents is 1. The van der Waals surface area contributed by atoms with Gasteiger partial charge in [-0.3, -0.25) is 20.5 Å². The number of hydrogen-bond donors (Lipinski definition) is 1. The first kappa shape index (κ1) is 11.9. The Balaban J connectivity index is 2.09. The van der Waals surface area contributed by atoms with Crippen LogP contribution in [0, 0.1) is 10.1 Å². The number of rotatable bonds is 4. The van der Waals surface area contributed by atoms with Gasteiger partial charge < -0.3 is 0 Å². The molecule has 0 unspecified atom stereocenters. The van der Waals surface area contributed by atoms with Crippen LogP contribution in [0.3, 0.4) is 0 Å². The van der Waals surface area contributed by atoms with E-state index in [1.54, 1.807) is 17.1 Å². The van der Waals surface area contributed by atoms with Crippen molar-refractivity contribution < 1.29 is 4.92 Å². The monoisotopic (exact) mass is 243 g/mol. The van der Waals surface area contributed by atoms with E-state index in [2.05, 4.69) is 5.43 Å². The molecular formula is C13H13N3O2. The first-order chi connectivity index (χ1) is 8.66. The van der Waals surface area contributed by atoms with Gasteiger partial charge in [0.05, 0.1) is 16.3 Å². The Labute approximate surface area is 105 Å². The van der Waals surface area contributed by atoms with Crippen molar-refractivity contribution in [2.45, 2.75) is 0 Å². The molecule has 0 aliphatic carbocycles. The second-order valence-corrected chi connectivity index (χ2v) is 3.81. The molecule has 0 aromatic heterocycles. The van der Waals surface area contributed by atoms with Crippen LogP contribution in [0.15, 0.2) is 54.6 Å². The molecule has 2 rings (SSSR count). The molecule has 0 spiro atoms. The highest BCUT2D eigenvalue weighted by Crippen LogP contribution is 2.19. The Hall–Kier alpha value is -2.56. The van der Waals surface area contributed by atoms with E-state index >= 15 is 0 Å². The minimum Gasteiger partial charge on any atom is -0.299 e. The maximum absolute atomic E-state index is 10.5. The molecule has 0 heterocycles. The van der Waals surface area contributed by atoms with Crippen molar-refractivity contribution in [2.75, 3.05) is 17.5 Å². The Bertz CT molecular complexity index is 526. The maximum atomic E-state index is 10.5. The summed E-state index contributed by atoms with van der Waals surface area (Å²) in [5.41, 5.74) is 5.07. The zero-order valence-corrected chi connectivity index (χ0v) is 9.91. The van der Waals surface area contributed by atoms with Crippen LogP contribution in [-0.4, -0.2) is 12.0 Å². The van der Waals surface area contributed by atoms with Gasteiger partial charge >= 0.3 is 0 Å². The van der Waals surface area contributed by atoms with Gasteiger partial charge in [-0.1, -0.05) is 18.2 Å². The number of hydrogen-bond acceptors (Lipinski definition) is 4. The van der Waals surface area contributed by atoms with E-state index in [0.717, 1.165) is 11.4 Å². The number of nitrogens with zero attached hydrogens (tertiary/aromatic N) is 2. The summed E-state index contributed by atoms with van der Waals surface area (Å²) in [6.45, 7) is 0. The van der Waals surface area contributed by atoms with Crippen molar-refractivity contribution in [2.24, 2.45) is 0 Å². The lowest BCUT2D eigenvalue weighted by Gasteiger charge is -2.21. The first-order valence-electron chi connectivity index (χ1n) is 5.47. The lowest BCUT2D eigenvalue weighted by Crippen LogP contribution is -2.24. The lowest BCUT2D eigenvalue weighted by molar-refractivity contribution is -0.384. The van der Waals surface area contributed by atoms with Crippen LogP contribution in [0.2, 0.25) is 0 Å². The van der Waals surface area contributed by atoms with Gasteiger partial charge in [0.1, 0.15) is 0 Å². The minimum absolute atomic E-state index is 0.0897. The summed E-state index contributed by atoms with van der Waals surface area (Å²) in [5.74, 6) is 0. The summed E-state index contributed by atoms with van der Waals surface area (Å²) in [5, 5.41) is 12.4. The fourth-order valence-electron chi connectivity index (χ4n) is 1.57. The molecular weight excluding hydrogens is 230 g/mol. The third-order valence-electron chi connectivity index (χ3n) is 2.52. The van der Waals surface area contributed by atoms with Crippen LogP contribution in [0.4, 0.5) is 17.1 Å². The van der Waals surface area contributed by atoms with Gasteiger partial charge in [0.15, 0.2) is 0 Å². The highest BCUT2D eigenvalue weighted by molar-refractivity contribution is 5.56. The first-order valence-corrected chi connectivity index (χ1v) is 5.47. The zero-order valence-electron chi connectivity index (χ0n) is 9.91. The predicted molar refractivity (Wildman–Crippen MR) is 71.6 cm³/mol. The van der Waals surface area contributed by atoms with Crippen molar-refractivity contribution in [1.82, 2.24) is 0 Å². The second kappa shape index (κ2) is 5.18. The Kier molecular flexibility index (Phi) is 3.43. The number of non-ortho nitro benzene ring substituents is 1. The number of para-hydroxylation sites is 1. The van der Waals surface area contributed by atoms with Gasteiger partial charge in [-0.05, 0) is 24.3 Å². The molecule has 5 nitrogen and oxygen atoms in total. The van der Waals surface area contributed by atoms with Gasteiger partial charge in [-0.15, -0.1) is 0 Å². The fourth-order valence-corrected chi connectivity index (χ4v) is 1.57. The third-order valence-corrected chi connectivity index (χ3v) is 2.52. The molecule has 18 heavy (non-hydrogen) atoms. The van der Waals surface area contributed by atoms with E-state index in [9.17, 15) is 10.1 Å². The van der Waals surface area contributed by atoms with Gasteiger partial charge in [0, 0.05) is 19.2 Å². The molecule has 0 aliphatic rings. The number of nitrogens with one attached hydrogen (secondary N) is 1. The molecule has 0 atom stereocenters. The minimum atomic E-state index is -0.408. The Morgan fingerprint density at radius 3 is 2.22 bits per heavy atom. The van der Waals surface area contributed by atoms with Crippen molar-refractivity contribution in [1.29, 1.82) is 0 Å². The number of anilines is 2. The lowest BCUT2D eigenvalue weighted by atomic mass is 10.3. The fraction of sp³-hybridized carbons (Fsp3) is 0.0769. The third kappa shape index (κ3) is 2.76. The van der Waals surface area contributed by atoms with E-state index in [1.807, 2.05) is 37.4 Å². The average molecular weight is 243 g/mol. The van der Waals surface area contributed by atoms with Crippen molar-refractivity contribution in [3.05, 3.63) is 64.7 Å². The molecule has 0 bridgehead atoms. The smallest absolute Gasteiger partial charge is 0.269 e. The molecule has 0 saturated carbocycles. The van der Waals surface area contributed by atoms with Crippen LogP contribution in [0.25, 0.3) is 0 Å². The van der Waals surface area contributed by atoms with Crippen molar-refractivity contribution in [3.8, 4) is 0 Å². The van der Waals surface area contributed by atoms with E-state index in [1.165, 1.54) is 12.1 Å². The molecule has 2 aromatic rings. The number of benzene rings is 2. The van der Waals surface area contributed by atoms with E-state index < -0.39 is 4.92 Å². The molecule has 92 valence electrons. The quantitative estimate of drug-likeness (QED) is 0.662. The van der Waals surface area contributed by atoms with Gasteiger partial charge in [0.2, 0.25) is 0 Å². The second-order valence-electron chi connectivity index (χ2n) is 3.81. The molecule has 0 fully saturated rings. The number of nitro groups is 1. The highest BCUT2D eigenvalue weighted by atomic mass is 16.6. The van der Waals surface area contributed by atoms with Gasteiger partial charge in [-0.25, -0.2) is 0 Å². The van der Waals surface area contributed by atoms with Crippen LogP contribution < -0.4 is 10.4 Å². The molecule has 0 radical (unpaired) electrons. The standard InChI is InChI=1S/C13H13N3O2/c1-15(14-11-5-3-2-4-6-11)12-7-9-13(10-8-12)16(17)18/h2-10,14H,1H3. The van der Waals surface area contributed by atoms with Crippen LogP contribution in [0.5, 0.6) is 0 Å². The highest BCUT2D eigenvalue weighted by Gasteiger charge is 2.06. The molecule has 0 aliphatic heterocycles. The normalized spacial score (nSPS) is 9.83. The number of hydrazine groups is 1. The molecule has 1 N–H and O–H groups in total. The molecule has 0 saturated heterocycles. The molecule has 2 aromatic carbocycles. The molecule has 5 heteroatoms. The van der Waals surface area contributed by atoms with E-state index in [4.69, 9.17) is 0 Å². The largest absolute Gasteiger partial charge is 0.299 e. The van der Waals surface area contributed by atoms with Crippen LogP contribution in [-0.2, 0) is 0 Å². The summed E-state index contributed by atoms with van der Waals surface area (Å²) in [4.78, 5) is 10.1. The summed E-state index contributed by atoms with van der Waals surface area (Å²) >= 11 is 0. The maximum Gasteiger partial charge on any atom is 0.269 e. The Morgan fingerprint density at radius 2 is 1.67 bits per heavy atom. The molecule has 0 amide bonds. The van der Waals surface area contributed by atoms with Crippen LogP contribution in [0.1, 0.15) is 0 Å². The van der Waals surface area contributed by atoms with E-state index in [-0.39, 0.29) is 5.69 Å². The van der Waals surface area contributed by atoms with Crippen LogP contribution >= 0.6 is 0 Å². The predicted octanol–water partition coefficient (Wildman–Crippen LogP) is 3.06. The summed E-state index contributed by atoms with van der Waals surface area (Å²) in [6.07, 6.45) is 0. The summed E-state index contributed by atoms with van der Waals surface area (Å²) in [7, 11) is 1.86. The van der Waals surface area contributed by atoms with Crippen molar-refractivity contribution >= 4 is 17.1 Å². The Morgan fingerprint density at radius 1 is 1.06 bits per heavy atom. The zero-order chi connectivity index (χ0) is 13.0. The topological polar surface area (TPSA) is 58.4 Å². The SMILES string of the molecule is CN(Nc1ccccc1)c1ccc([N+](=O)[O-])cc1. The summed E-state index contributed by atoms with van der Waals surface area (Å²) in [6, 6.07) is 16.1.